The maximum atomic E-state index is 11.1. The molecule has 4 heteroatoms. The van der Waals surface area contributed by atoms with Crippen molar-refractivity contribution in [1.82, 2.24) is 0 Å². The van der Waals surface area contributed by atoms with Crippen LogP contribution in [0, 0.1) is 5.41 Å². The summed E-state index contributed by atoms with van der Waals surface area (Å²) < 4.78 is 1.46. The quantitative estimate of drug-likeness (QED) is 0.593. The zero-order chi connectivity index (χ0) is 11.9. The van der Waals surface area contributed by atoms with Crippen molar-refractivity contribution in [3.05, 3.63) is 23.4 Å². The number of carboxylic acids is 1. The fourth-order valence-corrected chi connectivity index (χ4v) is 3.75. The number of hydrogen-bond donors (Lipinski definition) is 1. The zero-order valence-electron chi connectivity index (χ0n) is 9.54. The summed E-state index contributed by atoms with van der Waals surface area (Å²) in [6.07, 6.45) is 3.95. The van der Waals surface area contributed by atoms with Crippen molar-refractivity contribution in [1.29, 1.82) is 0 Å². The molecule has 0 saturated carbocycles. The molecule has 2 aliphatic heterocycles. The third kappa shape index (κ3) is 1.79. The monoisotopic (exact) mass is 331 g/mol. The van der Waals surface area contributed by atoms with Gasteiger partial charge in [-0.1, -0.05) is 13.8 Å². The van der Waals surface area contributed by atoms with Gasteiger partial charge in [-0.15, -0.1) is 20.7 Å². The summed E-state index contributed by atoms with van der Waals surface area (Å²) in [5.41, 5.74) is 2.99. The van der Waals surface area contributed by atoms with Crippen LogP contribution in [0.3, 0.4) is 0 Å². The number of nitrogens with zero attached hydrogens (tertiary/aromatic N) is 1. The average molecular weight is 331 g/mol. The van der Waals surface area contributed by atoms with E-state index in [1.807, 2.05) is 13.0 Å². The fraction of sp³-hybridized carbons (Fsp3) is 0.417. The van der Waals surface area contributed by atoms with Gasteiger partial charge in [0.05, 0.1) is 9.21 Å². The molecule has 0 aliphatic carbocycles. The van der Waals surface area contributed by atoms with Crippen LogP contribution in [-0.2, 0) is 4.79 Å². The standard InChI is InChI=1S/C12H14INO2/c1-7-12(2,3)8-6-9(11(15)16)13-5-4-10(8)14-7/h4,6H,5H2,1-3H3,(H,15,16). The van der Waals surface area contributed by atoms with Gasteiger partial charge in [0.2, 0.25) is 0 Å². The highest BCUT2D eigenvalue weighted by Crippen LogP contribution is 2.41. The van der Waals surface area contributed by atoms with Gasteiger partial charge in [-0.25, -0.2) is 4.79 Å². The molecule has 2 heterocycles. The van der Waals surface area contributed by atoms with Crippen molar-refractivity contribution in [2.24, 2.45) is 10.4 Å². The molecule has 1 N–H and O–H groups in total. The molecule has 0 aromatic carbocycles. The molecule has 0 atom stereocenters. The molecule has 3 nitrogen and oxygen atoms in total. The maximum Gasteiger partial charge on any atom is 0.341 e. The van der Waals surface area contributed by atoms with E-state index in [4.69, 9.17) is 5.11 Å². The first-order chi connectivity index (χ1) is 7.43. The molecule has 0 amide bonds. The Bertz CT molecular complexity index is 481. The SMILES string of the molecule is CC1=NC2=CCI=C(C(=O)O)C=C2C1(C)C. The number of carboxylic acid groups (broad SMARTS) is 1. The Morgan fingerprint density at radius 3 is 2.88 bits per heavy atom. The summed E-state index contributed by atoms with van der Waals surface area (Å²) in [5.74, 6) is -0.768. The van der Waals surface area contributed by atoms with Crippen molar-refractivity contribution in [2.75, 3.05) is 4.43 Å². The number of aliphatic carboxylic acids is 1. The Labute approximate surface area is 105 Å². The third-order valence-corrected chi connectivity index (χ3v) is 5.58. The van der Waals surface area contributed by atoms with Crippen LogP contribution in [0.4, 0.5) is 0 Å². The van der Waals surface area contributed by atoms with Crippen LogP contribution >= 0.6 is 20.7 Å². The number of allylic oxidation sites excluding steroid dienone is 2. The summed E-state index contributed by atoms with van der Waals surface area (Å²) in [6.45, 7) is 6.20. The Morgan fingerprint density at radius 2 is 2.25 bits per heavy atom. The van der Waals surface area contributed by atoms with E-state index in [-0.39, 0.29) is 5.41 Å². The minimum absolute atomic E-state index is 0.124. The van der Waals surface area contributed by atoms with Crippen LogP contribution in [-0.4, -0.2) is 24.7 Å². The third-order valence-electron chi connectivity index (χ3n) is 3.11. The van der Waals surface area contributed by atoms with E-state index in [2.05, 4.69) is 24.9 Å². The average Bonchev–Trinajstić information content (AvgIpc) is 2.40. The highest BCUT2D eigenvalue weighted by Gasteiger charge is 2.35. The predicted octanol–water partition coefficient (Wildman–Crippen LogP) is 2.54. The molecule has 0 fully saturated rings. The van der Waals surface area contributed by atoms with Gasteiger partial charge in [-0.2, -0.15) is 0 Å². The first-order valence-corrected chi connectivity index (χ1v) is 7.71. The van der Waals surface area contributed by atoms with Gasteiger partial charge >= 0.3 is 5.97 Å². The number of halogens is 1. The summed E-state index contributed by atoms with van der Waals surface area (Å²) in [4.78, 5) is 15.6. The first-order valence-electron chi connectivity index (χ1n) is 5.11. The largest absolute Gasteiger partial charge is 0.477 e. The fourth-order valence-electron chi connectivity index (χ4n) is 1.78. The van der Waals surface area contributed by atoms with Crippen LogP contribution in [0.15, 0.2) is 28.4 Å². The Balaban J connectivity index is 2.52. The molecule has 0 aromatic heterocycles. The highest BCUT2D eigenvalue weighted by atomic mass is 127. The molecule has 2 aliphatic rings. The molecule has 0 radical (unpaired) electrons. The molecular weight excluding hydrogens is 317 g/mol. The summed E-state index contributed by atoms with van der Waals surface area (Å²) in [5, 5.41) is 9.10. The van der Waals surface area contributed by atoms with Crippen LogP contribution in [0.25, 0.3) is 0 Å². The van der Waals surface area contributed by atoms with Gasteiger partial charge in [-0.3, -0.25) is 4.99 Å². The molecule has 0 bridgehead atoms. The lowest BCUT2D eigenvalue weighted by Gasteiger charge is -2.20. The van der Waals surface area contributed by atoms with Crippen molar-refractivity contribution < 1.29 is 9.90 Å². The van der Waals surface area contributed by atoms with Crippen LogP contribution in [0.2, 0.25) is 0 Å². The number of carbonyl (C=O) groups is 1. The van der Waals surface area contributed by atoms with Gasteiger partial charge in [0, 0.05) is 15.6 Å². The Kier molecular flexibility index (Phi) is 2.86. The molecule has 0 saturated heterocycles. The van der Waals surface area contributed by atoms with Gasteiger partial charge in [0.25, 0.3) is 0 Å². The molecule has 2 rings (SSSR count). The normalized spacial score (nSPS) is 22.9. The number of rotatable bonds is 1. The predicted molar refractivity (Wildman–Crippen MR) is 74.6 cm³/mol. The van der Waals surface area contributed by atoms with Crippen LogP contribution in [0.5, 0.6) is 0 Å². The van der Waals surface area contributed by atoms with Crippen LogP contribution in [0.1, 0.15) is 20.8 Å². The van der Waals surface area contributed by atoms with Crippen molar-refractivity contribution in [2.45, 2.75) is 20.8 Å². The minimum atomic E-state index is -0.768. The number of alkyl halides is 1. The van der Waals surface area contributed by atoms with Gasteiger partial charge < -0.3 is 5.11 Å². The van der Waals surface area contributed by atoms with E-state index in [1.165, 1.54) is 0 Å². The number of hydrogen-bond acceptors (Lipinski definition) is 2. The van der Waals surface area contributed by atoms with E-state index in [0.29, 0.717) is 3.51 Å². The summed E-state index contributed by atoms with van der Waals surface area (Å²) in [7, 11) is 0. The van der Waals surface area contributed by atoms with E-state index < -0.39 is 26.7 Å². The molecule has 0 spiro atoms. The topological polar surface area (TPSA) is 49.7 Å². The van der Waals surface area contributed by atoms with Crippen molar-refractivity contribution >= 4 is 35.9 Å². The molecule has 86 valence electrons. The van der Waals surface area contributed by atoms with Crippen LogP contribution < -0.4 is 0 Å². The van der Waals surface area contributed by atoms with E-state index in [1.54, 1.807) is 0 Å². The second-order valence-electron chi connectivity index (χ2n) is 4.41. The van der Waals surface area contributed by atoms with E-state index >= 15 is 0 Å². The second-order valence-corrected chi connectivity index (χ2v) is 7.22. The lowest BCUT2D eigenvalue weighted by molar-refractivity contribution is -0.129. The number of aliphatic imine (C=N–C) groups is 1. The van der Waals surface area contributed by atoms with Gasteiger partial charge in [-0.05, 0) is 24.6 Å². The van der Waals surface area contributed by atoms with E-state index in [9.17, 15) is 4.79 Å². The summed E-state index contributed by atoms with van der Waals surface area (Å²) >= 11 is -0.407. The first kappa shape index (κ1) is 11.7. The Morgan fingerprint density at radius 1 is 1.56 bits per heavy atom. The van der Waals surface area contributed by atoms with Crippen molar-refractivity contribution in [3.8, 4) is 0 Å². The number of fused-ring (bicyclic) bond motifs is 1. The zero-order valence-corrected chi connectivity index (χ0v) is 11.7. The van der Waals surface area contributed by atoms with Gasteiger partial charge in [0.15, 0.2) is 0 Å². The highest BCUT2D eigenvalue weighted by molar-refractivity contribution is 14.2. The lowest BCUT2D eigenvalue weighted by atomic mass is 9.81. The molecule has 16 heavy (non-hydrogen) atoms. The van der Waals surface area contributed by atoms with Gasteiger partial charge in [0.1, 0.15) is 0 Å². The lowest BCUT2D eigenvalue weighted by Crippen LogP contribution is -2.20. The van der Waals surface area contributed by atoms with Crippen molar-refractivity contribution in [3.63, 3.8) is 0 Å². The molecule has 0 unspecified atom stereocenters. The maximum absolute atomic E-state index is 11.1. The second kappa shape index (κ2) is 3.91. The summed E-state index contributed by atoms with van der Waals surface area (Å²) in [6, 6.07) is 0. The Hall–Kier alpha value is -0.780. The smallest absolute Gasteiger partial charge is 0.341 e. The van der Waals surface area contributed by atoms with E-state index in [0.717, 1.165) is 21.4 Å². The molecular formula is C12H14INO2. The molecule has 0 aromatic rings. The minimum Gasteiger partial charge on any atom is -0.477 e.